The van der Waals surface area contributed by atoms with E-state index < -0.39 is 0 Å². The first-order valence-electron chi connectivity index (χ1n) is 7.26. The van der Waals surface area contributed by atoms with E-state index in [0.717, 1.165) is 23.6 Å². The third-order valence-corrected chi connectivity index (χ3v) is 3.43. The Hall–Kier alpha value is -2.00. The second kappa shape index (κ2) is 6.64. The highest BCUT2D eigenvalue weighted by Gasteiger charge is 2.05. The maximum atomic E-state index is 5.95. The minimum atomic E-state index is 0.173. The molecule has 0 radical (unpaired) electrons. The van der Waals surface area contributed by atoms with E-state index in [1.54, 1.807) is 0 Å². The maximum absolute atomic E-state index is 5.95. The van der Waals surface area contributed by atoms with E-state index in [0.29, 0.717) is 0 Å². The lowest BCUT2D eigenvalue weighted by Crippen LogP contribution is -2.18. The number of benzene rings is 2. The smallest absolute Gasteiger partial charge is 0.129 e. The van der Waals surface area contributed by atoms with Crippen molar-refractivity contribution in [3.8, 4) is 11.5 Å². The van der Waals surface area contributed by atoms with Gasteiger partial charge in [-0.1, -0.05) is 12.1 Å². The Balaban J connectivity index is 2.16. The minimum Gasteiger partial charge on any atom is -0.457 e. The fraction of sp³-hybridized carbons (Fsp3) is 0.333. The molecule has 0 aliphatic heterocycles. The van der Waals surface area contributed by atoms with E-state index in [4.69, 9.17) is 10.5 Å². The summed E-state index contributed by atoms with van der Waals surface area (Å²) in [5.74, 6) is 1.71. The third-order valence-electron chi connectivity index (χ3n) is 3.43. The summed E-state index contributed by atoms with van der Waals surface area (Å²) in [5, 5.41) is 0. The molecule has 0 saturated carbocycles. The summed E-state index contributed by atoms with van der Waals surface area (Å²) in [5.41, 5.74) is 9.48. The van der Waals surface area contributed by atoms with E-state index in [9.17, 15) is 0 Å². The standard InChI is InChI=1S/C18H24N2O/c1-13-10-18(9-8-15(13)11-14(2)19)21-17-7-5-6-16(12-17)20(3)4/h5-10,12,14H,11,19H2,1-4H3. The quantitative estimate of drug-likeness (QED) is 0.909. The van der Waals surface area contributed by atoms with Gasteiger partial charge in [-0.25, -0.2) is 0 Å². The van der Waals surface area contributed by atoms with E-state index in [1.807, 2.05) is 45.3 Å². The van der Waals surface area contributed by atoms with Crippen LogP contribution < -0.4 is 15.4 Å². The van der Waals surface area contributed by atoms with Crippen molar-refractivity contribution in [2.45, 2.75) is 26.3 Å². The van der Waals surface area contributed by atoms with Gasteiger partial charge in [0.25, 0.3) is 0 Å². The van der Waals surface area contributed by atoms with Crippen LogP contribution in [0.1, 0.15) is 18.1 Å². The molecular formula is C18H24N2O. The summed E-state index contributed by atoms with van der Waals surface area (Å²) >= 11 is 0. The van der Waals surface area contributed by atoms with Crippen molar-refractivity contribution >= 4 is 5.69 Å². The molecule has 2 aromatic rings. The Labute approximate surface area is 127 Å². The van der Waals surface area contributed by atoms with Crippen LogP contribution in [0.2, 0.25) is 0 Å². The lowest BCUT2D eigenvalue weighted by atomic mass is 10.0. The number of aryl methyl sites for hydroxylation is 1. The molecule has 0 aliphatic rings. The predicted octanol–water partition coefficient (Wildman–Crippen LogP) is 3.74. The minimum absolute atomic E-state index is 0.173. The van der Waals surface area contributed by atoms with E-state index >= 15 is 0 Å². The Morgan fingerprint density at radius 3 is 2.43 bits per heavy atom. The van der Waals surface area contributed by atoms with Gasteiger partial charge >= 0.3 is 0 Å². The van der Waals surface area contributed by atoms with E-state index in [1.165, 1.54) is 11.1 Å². The van der Waals surface area contributed by atoms with Crippen molar-refractivity contribution < 1.29 is 4.74 Å². The highest BCUT2D eigenvalue weighted by atomic mass is 16.5. The van der Waals surface area contributed by atoms with Crippen LogP contribution in [0.15, 0.2) is 42.5 Å². The molecule has 0 spiro atoms. The number of ether oxygens (including phenoxy) is 1. The van der Waals surface area contributed by atoms with E-state index in [-0.39, 0.29) is 6.04 Å². The molecule has 2 aromatic carbocycles. The molecule has 21 heavy (non-hydrogen) atoms. The maximum Gasteiger partial charge on any atom is 0.129 e. The summed E-state index contributed by atoms with van der Waals surface area (Å²) in [6.07, 6.45) is 0.891. The van der Waals surface area contributed by atoms with Crippen LogP contribution in [0.4, 0.5) is 5.69 Å². The normalized spacial score (nSPS) is 12.0. The fourth-order valence-electron chi connectivity index (χ4n) is 2.27. The monoisotopic (exact) mass is 284 g/mol. The van der Waals surface area contributed by atoms with Crippen molar-refractivity contribution in [3.63, 3.8) is 0 Å². The molecule has 3 heteroatoms. The summed E-state index contributed by atoms with van der Waals surface area (Å²) < 4.78 is 5.95. The van der Waals surface area contributed by atoms with Crippen LogP contribution in [0.3, 0.4) is 0 Å². The van der Waals surface area contributed by atoms with Crippen molar-refractivity contribution in [2.24, 2.45) is 5.73 Å². The van der Waals surface area contributed by atoms with Crippen LogP contribution >= 0.6 is 0 Å². The van der Waals surface area contributed by atoms with Crippen LogP contribution in [-0.4, -0.2) is 20.1 Å². The topological polar surface area (TPSA) is 38.5 Å². The van der Waals surface area contributed by atoms with Crippen LogP contribution in [0.25, 0.3) is 0 Å². The molecule has 0 fully saturated rings. The lowest BCUT2D eigenvalue weighted by Gasteiger charge is -2.15. The number of nitrogens with two attached hydrogens (primary N) is 1. The number of anilines is 1. The molecular weight excluding hydrogens is 260 g/mol. The molecule has 2 rings (SSSR count). The van der Waals surface area contributed by atoms with Gasteiger partial charge in [-0.2, -0.15) is 0 Å². The first-order chi connectivity index (χ1) is 9.95. The molecule has 3 nitrogen and oxygen atoms in total. The molecule has 1 atom stereocenters. The zero-order valence-corrected chi connectivity index (χ0v) is 13.3. The van der Waals surface area contributed by atoms with Gasteiger partial charge in [0.2, 0.25) is 0 Å². The largest absolute Gasteiger partial charge is 0.457 e. The Kier molecular flexibility index (Phi) is 4.86. The average Bonchev–Trinajstić information content (AvgIpc) is 2.42. The number of nitrogens with zero attached hydrogens (tertiary/aromatic N) is 1. The van der Waals surface area contributed by atoms with Gasteiger partial charge in [-0.3, -0.25) is 0 Å². The Morgan fingerprint density at radius 2 is 1.81 bits per heavy atom. The third kappa shape index (κ3) is 4.23. The summed E-state index contributed by atoms with van der Waals surface area (Å²) in [6.45, 7) is 4.12. The zero-order valence-electron chi connectivity index (χ0n) is 13.3. The second-order valence-corrected chi connectivity index (χ2v) is 5.76. The average molecular weight is 284 g/mol. The highest BCUT2D eigenvalue weighted by molar-refractivity contribution is 5.50. The van der Waals surface area contributed by atoms with Gasteiger partial charge < -0.3 is 15.4 Å². The van der Waals surface area contributed by atoms with Crippen LogP contribution in [0.5, 0.6) is 11.5 Å². The van der Waals surface area contributed by atoms with Gasteiger partial charge in [0.15, 0.2) is 0 Å². The predicted molar refractivity (Wildman–Crippen MR) is 89.4 cm³/mol. The van der Waals surface area contributed by atoms with Crippen molar-refractivity contribution in [2.75, 3.05) is 19.0 Å². The number of rotatable bonds is 5. The summed E-state index contributed by atoms with van der Waals surface area (Å²) in [6, 6.07) is 14.4. The summed E-state index contributed by atoms with van der Waals surface area (Å²) in [4.78, 5) is 2.06. The molecule has 2 N–H and O–H groups in total. The van der Waals surface area contributed by atoms with Gasteiger partial charge in [0.05, 0.1) is 0 Å². The molecule has 0 aliphatic carbocycles. The highest BCUT2D eigenvalue weighted by Crippen LogP contribution is 2.27. The number of hydrogen-bond donors (Lipinski definition) is 1. The second-order valence-electron chi connectivity index (χ2n) is 5.76. The van der Waals surface area contributed by atoms with Crippen molar-refractivity contribution in [1.82, 2.24) is 0 Å². The fourth-order valence-corrected chi connectivity index (χ4v) is 2.27. The van der Waals surface area contributed by atoms with Gasteiger partial charge in [0.1, 0.15) is 11.5 Å². The van der Waals surface area contributed by atoms with Crippen molar-refractivity contribution in [1.29, 1.82) is 0 Å². The molecule has 0 amide bonds. The van der Waals surface area contributed by atoms with Crippen molar-refractivity contribution in [3.05, 3.63) is 53.6 Å². The molecule has 0 aromatic heterocycles. The van der Waals surface area contributed by atoms with Gasteiger partial charge in [0, 0.05) is 31.9 Å². The van der Waals surface area contributed by atoms with Crippen LogP contribution in [0, 0.1) is 6.92 Å². The Morgan fingerprint density at radius 1 is 1.10 bits per heavy atom. The molecule has 112 valence electrons. The van der Waals surface area contributed by atoms with Crippen LogP contribution in [-0.2, 0) is 6.42 Å². The van der Waals surface area contributed by atoms with Gasteiger partial charge in [-0.05, 0) is 55.7 Å². The molecule has 0 saturated heterocycles. The SMILES string of the molecule is Cc1cc(Oc2cccc(N(C)C)c2)ccc1CC(C)N. The molecule has 1 unspecified atom stereocenters. The zero-order chi connectivity index (χ0) is 15.4. The Bertz CT molecular complexity index is 606. The molecule has 0 bridgehead atoms. The summed E-state index contributed by atoms with van der Waals surface area (Å²) in [7, 11) is 4.04. The lowest BCUT2D eigenvalue weighted by molar-refractivity contribution is 0.482. The number of hydrogen-bond acceptors (Lipinski definition) is 3. The van der Waals surface area contributed by atoms with Gasteiger partial charge in [-0.15, -0.1) is 0 Å². The molecule has 0 heterocycles. The first kappa shape index (κ1) is 15.4. The first-order valence-corrected chi connectivity index (χ1v) is 7.26. The van der Waals surface area contributed by atoms with E-state index in [2.05, 4.69) is 30.0 Å².